The van der Waals surface area contributed by atoms with E-state index in [4.69, 9.17) is 4.74 Å². The molecule has 0 amide bonds. The van der Waals surface area contributed by atoms with Crippen molar-refractivity contribution in [2.45, 2.75) is 26.3 Å². The van der Waals surface area contributed by atoms with Gasteiger partial charge in [-0.05, 0) is 19.5 Å². The standard InChI is InChI=1S/C13H18N4OS/c1-4-5-9-11(8-14-2)19-13(15-9)10-6-7-12(18-3)17-16-10/h6-7,14H,4-5,8H2,1-3H3. The normalized spacial score (nSPS) is 10.7. The third-order valence-electron chi connectivity index (χ3n) is 2.67. The van der Waals surface area contributed by atoms with Crippen molar-refractivity contribution in [3.8, 4) is 16.6 Å². The quantitative estimate of drug-likeness (QED) is 0.878. The molecule has 19 heavy (non-hydrogen) atoms. The Morgan fingerprint density at radius 3 is 2.74 bits per heavy atom. The molecule has 2 heterocycles. The van der Waals surface area contributed by atoms with Gasteiger partial charge in [0.2, 0.25) is 5.88 Å². The predicted molar refractivity (Wildman–Crippen MR) is 76.5 cm³/mol. The first kappa shape index (κ1) is 13.9. The summed E-state index contributed by atoms with van der Waals surface area (Å²) in [7, 11) is 3.53. The minimum Gasteiger partial charge on any atom is -0.480 e. The summed E-state index contributed by atoms with van der Waals surface area (Å²) in [4.78, 5) is 5.95. The van der Waals surface area contributed by atoms with Crippen LogP contribution in [0, 0.1) is 0 Å². The van der Waals surface area contributed by atoms with Crippen molar-refractivity contribution in [2.75, 3.05) is 14.2 Å². The molecule has 0 atom stereocenters. The first-order chi connectivity index (χ1) is 9.28. The minimum absolute atomic E-state index is 0.518. The van der Waals surface area contributed by atoms with E-state index in [1.54, 1.807) is 24.5 Å². The van der Waals surface area contributed by atoms with Crippen molar-refractivity contribution in [3.05, 3.63) is 22.7 Å². The lowest BCUT2D eigenvalue weighted by atomic mass is 10.2. The highest BCUT2D eigenvalue weighted by Crippen LogP contribution is 2.27. The number of nitrogens with one attached hydrogen (secondary N) is 1. The third-order valence-corrected chi connectivity index (χ3v) is 3.79. The number of ether oxygens (including phenoxy) is 1. The fourth-order valence-electron chi connectivity index (χ4n) is 1.77. The molecule has 0 unspecified atom stereocenters. The van der Waals surface area contributed by atoms with Gasteiger partial charge < -0.3 is 10.1 Å². The van der Waals surface area contributed by atoms with Gasteiger partial charge in [-0.15, -0.1) is 21.5 Å². The molecule has 0 radical (unpaired) electrons. The van der Waals surface area contributed by atoms with Crippen molar-refractivity contribution in [3.63, 3.8) is 0 Å². The highest BCUT2D eigenvalue weighted by atomic mass is 32.1. The smallest absolute Gasteiger partial charge is 0.233 e. The van der Waals surface area contributed by atoms with Crippen LogP contribution in [0.15, 0.2) is 12.1 Å². The maximum Gasteiger partial charge on any atom is 0.233 e. The minimum atomic E-state index is 0.518. The summed E-state index contributed by atoms with van der Waals surface area (Å²) in [5, 5.41) is 12.2. The zero-order chi connectivity index (χ0) is 13.7. The van der Waals surface area contributed by atoms with Crippen LogP contribution >= 0.6 is 11.3 Å². The molecule has 2 rings (SSSR count). The van der Waals surface area contributed by atoms with Crippen molar-refractivity contribution >= 4 is 11.3 Å². The van der Waals surface area contributed by atoms with Gasteiger partial charge in [0, 0.05) is 17.5 Å². The Labute approximate surface area is 117 Å². The number of thiazole rings is 1. The summed E-state index contributed by atoms with van der Waals surface area (Å²) in [5.74, 6) is 0.518. The first-order valence-electron chi connectivity index (χ1n) is 6.29. The number of hydrogen-bond acceptors (Lipinski definition) is 6. The van der Waals surface area contributed by atoms with E-state index in [-0.39, 0.29) is 0 Å². The van der Waals surface area contributed by atoms with Crippen LogP contribution in [0.3, 0.4) is 0 Å². The zero-order valence-electron chi connectivity index (χ0n) is 11.4. The van der Waals surface area contributed by atoms with Crippen LogP contribution in [0.1, 0.15) is 23.9 Å². The average molecular weight is 278 g/mol. The molecule has 0 aliphatic carbocycles. The Kier molecular flexibility index (Phi) is 4.81. The highest BCUT2D eigenvalue weighted by molar-refractivity contribution is 7.15. The third kappa shape index (κ3) is 3.27. The van der Waals surface area contributed by atoms with E-state index in [2.05, 4.69) is 27.4 Å². The maximum atomic E-state index is 5.01. The van der Waals surface area contributed by atoms with Crippen molar-refractivity contribution in [1.29, 1.82) is 0 Å². The Morgan fingerprint density at radius 1 is 1.32 bits per heavy atom. The molecule has 1 N–H and O–H groups in total. The number of nitrogens with zero attached hydrogens (tertiary/aromatic N) is 3. The van der Waals surface area contributed by atoms with Gasteiger partial charge in [0.25, 0.3) is 0 Å². The summed E-state index contributed by atoms with van der Waals surface area (Å²) < 4.78 is 5.01. The summed E-state index contributed by atoms with van der Waals surface area (Å²) in [6, 6.07) is 3.70. The molecule has 2 aromatic heterocycles. The maximum absolute atomic E-state index is 5.01. The number of methoxy groups -OCH3 is 1. The van der Waals surface area contributed by atoms with Gasteiger partial charge in [-0.3, -0.25) is 0 Å². The Hall–Kier alpha value is -1.53. The SMILES string of the molecule is CCCc1nc(-c2ccc(OC)nn2)sc1CNC. The number of hydrogen-bond donors (Lipinski definition) is 1. The van der Waals surface area contributed by atoms with Crippen LogP contribution < -0.4 is 10.1 Å². The fraction of sp³-hybridized carbons (Fsp3) is 0.462. The molecule has 6 heteroatoms. The lowest BCUT2D eigenvalue weighted by molar-refractivity contribution is 0.392. The number of aromatic nitrogens is 3. The summed E-state index contributed by atoms with van der Waals surface area (Å²) in [5.41, 5.74) is 1.96. The largest absolute Gasteiger partial charge is 0.480 e. The van der Waals surface area contributed by atoms with E-state index in [9.17, 15) is 0 Å². The van der Waals surface area contributed by atoms with E-state index < -0.39 is 0 Å². The number of rotatable bonds is 6. The molecule has 0 saturated carbocycles. The molecule has 0 fully saturated rings. The van der Waals surface area contributed by atoms with E-state index in [1.807, 2.05) is 13.1 Å². The molecular weight excluding hydrogens is 260 g/mol. The molecular formula is C13H18N4OS. The molecule has 5 nitrogen and oxygen atoms in total. The molecule has 0 aliphatic rings. The second kappa shape index (κ2) is 6.58. The monoisotopic (exact) mass is 278 g/mol. The first-order valence-corrected chi connectivity index (χ1v) is 7.11. The van der Waals surface area contributed by atoms with Crippen LogP contribution in [0.5, 0.6) is 5.88 Å². The average Bonchev–Trinajstić information content (AvgIpc) is 2.83. The van der Waals surface area contributed by atoms with Crippen LogP contribution in [-0.4, -0.2) is 29.3 Å². The van der Waals surface area contributed by atoms with E-state index >= 15 is 0 Å². The molecule has 0 saturated heterocycles. The highest BCUT2D eigenvalue weighted by Gasteiger charge is 2.12. The number of aryl methyl sites for hydroxylation is 1. The van der Waals surface area contributed by atoms with Gasteiger partial charge >= 0.3 is 0 Å². The van der Waals surface area contributed by atoms with Gasteiger partial charge in [-0.2, -0.15) is 0 Å². The van der Waals surface area contributed by atoms with E-state index in [1.165, 1.54) is 4.88 Å². The molecule has 0 spiro atoms. The van der Waals surface area contributed by atoms with E-state index in [0.29, 0.717) is 5.88 Å². The molecule has 0 aliphatic heterocycles. The zero-order valence-corrected chi connectivity index (χ0v) is 12.3. The summed E-state index contributed by atoms with van der Waals surface area (Å²) in [6.45, 7) is 3.01. The molecule has 102 valence electrons. The van der Waals surface area contributed by atoms with Gasteiger partial charge in [-0.25, -0.2) is 4.98 Å². The van der Waals surface area contributed by atoms with Gasteiger partial charge in [0.05, 0.1) is 12.8 Å². The molecule has 2 aromatic rings. The Balaban J connectivity index is 2.30. The van der Waals surface area contributed by atoms with E-state index in [0.717, 1.165) is 35.8 Å². The fourth-order valence-corrected chi connectivity index (χ4v) is 2.85. The second-order valence-corrected chi connectivity index (χ2v) is 5.21. The van der Waals surface area contributed by atoms with Crippen molar-refractivity contribution < 1.29 is 4.74 Å². The lowest BCUT2D eigenvalue weighted by Gasteiger charge is -1.98. The van der Waals surface area contributed by atoms with Gasteiger partial charge in [-0.1, -0.05) is 13.3 Å². The van der Waals surface area contributed by atoms with Crippen molar-refractivity contribution in [1.82, 2.24) is 20.5 Å². The summed E-state index contributed by atoms with van der Waals surface area (Å²) in [6.07, 6.45) is 2.09. The van der Waals surface area contributed by atoms with Crippen LogP contribution in [-0.2, 0) is 13.0 Å². The Morgan fingerprint density at radius 2 is 2.16 bits per heavy atom. The molecule has 0 aromatic carbocycles. The van der Waals surface area contributed by atoms with Gasteiger partial charge in [0.1, 0.15) is 10.7 Å². The summed E-state index contributed by atoms with van der Waals surface area (Å²) >= 11 is 1.67. The lowest BCUT2D eigenvalue weighted by Crippen LogP contribution is -2.05. The Bertz CT molecular complexity index is 500. The topological polar surface area (TPSA) is 59.9 Å². The van der Waals surface area contributed by atoms with Crippen LogP contribution in [0.25, 0.3) is 10.7 Å². The van der Waals surface area contributed by atoms with Crippen LogP contribution in [0.2, 0.25) is 0 Å². The van der Waals surface area contributed by atoms with Crippen LogP contribution in [0.4, 0.5) is 0 Å². The van der Waals surface area contributed by atoms with Gasteiger partial charge in [0.15, 0.2) is 0 Å². The van der Waals surface area contributed by atoms with Crippen molar-refractivity contribution in [2.24, 2.45) is 0 Å². The molecule has 0 bridgehead atoms. The predicted octanol–water partition coefficient (Wildman–Crippen LogP) is 2.28. The second-order valence-electron chi connectivity index (χ2n) is 4.13.